The van der Waals surface area contributed by atoms with Crippen molar-refractivity contribution in [1.82, 2.24) is 4.98 Å². The summed E-state index contributed by atoms with van der Waals surface area (Å²) in [5.74, 6) is 11.6. The van der Waals surface area contributed by atoms with Crippen molar-refractivity contribution in [2.24, 2.45) is 0 Å². The molecular formula is C22H23NO. The molecule has 0 saturated carbocycles. The van der Waals surface area contributed by atoms with Gasteiger partial charge in [-0.25, -0.2) is 0 Å². The minimum Gasteiger partial charge on any atom is -0.368 e. The fourth-order valence-corrected chi connectivity index (χ4v) is 2.41. The predicted molar refractivity (Wildman–Crippen MR) is 98.0 cm³/mol. The lowest BCUT2D eigenvalue weighted by atomic mass is 9.90. The molecule has 0 amide bonds. The molecule has 2 nitrogen and oxygen atoms in total. The number of unbranched alkanes of at least 4 members (excludes halogenated alkanes) is 4. The van der Waals surface area contributed by atoms with Gasteiger partial charge in [-0.2, -0.15) is 0 Å². The molecule has 1 heterocycles. The van der Waals surface area contributed by atoms with Gasteiger partial charge in [-0.15, -0.1) is 0 Å². The smallest absolute Gasteiger partial charge is 0.195 e. The first-order valence-electron chi connectivity index (χ1n) is 8.47. The zero-order valence-corrected chi connectivity index (χ0v) is 14.1. The molecule has 1 aromatic carbocycles. The lowest BCUT2D eigenvalue weighted by Crippen LogP contribution is -2.26. The second-order valence-corrected chi connectivity index (χ2v) is 5.65. The SMILES string of the molecule is CCCCCCC#CC#CC(O)(c1ccccc1)c1ccccn1. The van der Waals surface area contributed by atoms with Gasteiger partial charge in [0.1, 0.15) is 0 Å². The number of hydrogen-bond donors (Lipinski definition) is 1. The number of aliphatic hydroxyl groups is 1. The third-order valence-electron chi connectivity index (χ3n) is 3.78. The van der Waals surface area contributed by atoms with Crippen molar-refractivity contribution in [1.29, 1.82) is 0 Å². The third-order valence-corrected chi connectivity index (χ3v) is 3.78. The van der Waals surface area contributed by atoms with E-state index >= 15 is 0 Å². The summed E-state index contributed by atoms with van der Waals surface area (Å²) in [4.78, 5) is 4.28. The second-order valence-electron chi connectivity index (χ2n) is 5.65. The largest absolute Gasteiger partial charge is 0.368 e. The summed E-state index contributed by atoms with van der Waals surface area (Å²) in [6.45, 7) is 2.19. The molecule has 0 aliphatic rings. The van der Waals surface area contributed by atoms with Crippen LogP contribution in [0, 0.1) is 23.7 Å². The molecule has 24 heavy (non-hydrogen) atoms. The van der Waals surface area contributed by atoms with Gasteiger partial charge in [-0.1, -0.05) is 68.5 Å². The zero-order chi connectivity index (χ0) is 17.1. The zero-order valence-electron chi connectivity index (χ0n) is 14.1. The summed E-state index contributed by atoms with van der Waals surface area (Å²) in [6, 6.07) is 14.8. The van der Waals surface area contributed by atoms with Gasteiger partial charge >= 0.3 is 0 Å². The lowest BCUT2D eigenvalue weighted by Gasteiger charge is -2.21. The summed E-state index contributed by atoms with van der Waals surface area (Å²) in [5.41, 5.74) is -0.242. The number of nitrogens with zero attached hydrogens (tertiary/aromatic N) is 1. The van der Waals surface area contributed by atoms with E-state index in [2.05, 4.69) is 35.6 Å². The Bertz CT molecular complexity index is 690. The van der Waals surface area contributed by atoms with Crippen LogP contribution in [0.5, 0.6) is 0 Å². The number of benzene rings is 1. The van der Waals surface area contributed by atoms with Crippen molar-refractivity contribution in [2.75, 3.05) is 0 Å². The Balaban J connectivity index is 2.18. The van der Waals surface area contributed by atoms with Crippen LogP contribution in [0.2, 0.25) is 0 Å². The van der Waals surface area contributed by atoms with Gasteiger partial charge in [0.2, 0.25) is 0 Å². The second kappa shape index (κ2) is 9.56. The first kappa shape index (κ1) is 17.8. The Hall–Kier alpha value is -2.55. The molecule has 0 aliphatic carbocycles. The first-order chi connectivity index (χ1) is 11.8. The molecule has 0 saturated heterocycles. The Morgan fingerprint density at radius 3 is 2.46 bits per heavy atom. The van der Waals surface area contributed by atoms with Gasteiger partial charge in [0.05, 0.1) is 5.69 Å². The molecule has 2 aromatic rings. The van der Waals surface area contributed by atoms with Crippen LogP contribution in [-0.2, 0) is 5.60 Å². The molecule has 1 N–H and O–H groups in total. The molecular weight excluding hydrogens is 294 g/mol. The van der Waals surface area contributed by atoms with E-state index in [0.717, 1.165) is 12.8 Å². The quantitative estimate of drug-likeness (QED) is 0.637. The molecule has 1 atom stereocenters. The van der Waals surface area contributed by atoms with E-state index in [0.29, 0.717) is 11.3 Å². The van der Waals surface area contributed by atoms with Gasteiger partial charge in [-0.3, -0.25) is 4.98 Å². The molecule has 1 aromatic heterocycles. The predicted octanol–water partition coefficient (Wildman–Crippen LogP) is 4.29. The molecule has 2 rings (SSSR count). The van der Waals surface area contributed by atoms with Gasteiger partial charge in [0.25, 0.3) is 0 Å². The maximum Gasteiger partial charge on any atom is 0.195 e. The van der Waals surface area contributed by atoms with E-state index in [-0.39, 0.29) is 0 Å². The fourth-order valence-electron chi connectivity index (χ4n) is 2.41. The number of aromatic nitrogens is 1. The summed E-state index contributed by atoms with van der Waals surface area (Å²) >= 11 is 0. The van der Waals surface area contributed by atoms with Gasteiger partial charge < -0.3 is 5.11 Å². The average molecular weight is 317 g/mol. The molecule has 2 heteroatoms. The average Bonchev–Trinajstić information content (AvgIpc) is 2.65. The number of rotatable bonds is 6. The highest BCUT2D eigenvalue weighted by Crippen LogP contribution is 2.27. The van der Waals surface area contributed by atoms with Crippen LogP contribution in [-0.4, -0.2) is 10.1 Å². The number of pyridine rings is 1. The van der Waals surface area contributed by atoms with Crippen molar-refractivity contribution in [3.05, 3.63) is 66.0 Å². The molecule has 1 unspecified atom stereocenters. The van der Waals surface area contributed by atoms with E-state index < -0.39 is 5.60 Å². The third kappa shape index (κ3) is 4.98. The Morgan fingerprint density at radius 2 is 1.75 bits per heavy atom. The fraction of sp³-hybridized carbons (Fsp3) is 0.318. The Morgan fingerprint density at radius 1 is 0.958 bits per heavy atom. The minimum atomic E-state index is -1.45. The molecule has 0 radical (unpaired) electrons. The van der Waals surface area contributed by atoms with Crippen LogP contribution in [0.1, 0.15) is 50.3 Å². The maximum atomic E-state index is 11.1. The molecule has 0 spiro atoms. The van der Waals surface area contributed by atoms with Gasteiger partial charge in [0, 0.05) is 18.2 Å². The Labute approximate surface area is 145 Å². The van der Waals surface area contributed by atoms with Crippen LogP contribution in [0.25, 0.3) is 0 Å². The van der Waals surface area contributed by atoms with Crippen molar-refractivity contribution >= 4 is 0 Å². The van der Waals surface area contributed by atoms with E-state index in [1.54, 1.807) is 12.3 Å². The monoisotopic (exact) mass is 317 g/mol. The van der Waals surface area contributed by atoms with E-state index in [4.69, 9.17) is 0 Å². The van der Waals surface area contributed by atoms with Crippen molar-refractivity contribution in [2.45, 2.75) is 44.6 Å². The lowest BCUT2D eigenvalue weighted by molar-refractivity contribution is 0.140. The highest BCUT2D eigenvalue weighted by Gasteiger charge is 2.30. The summed E-state index contributed by atoms with van der Waals surface area (Å²) < 4.78 is 0. The van der Waals surface area contributed by atoms with Gasteiger partial charge in [0.15, 0.2) is 5.60 Å². The Kier molecular flexibility index (Phi) is 7.09. The first-order valence-corrected chi connectivity index (χ1v) is 8.47. The minimum absolute atomic E-state index is 0.508. The molecule has 122 valence electrons. The standard InChI is InChI=1S/C22H23NO/c1-2-3-4-5-6-7-8-13-18-22(24,20-15-10-9-11-16-20)21-17-12-14-19-23-21/h9-12,14-17,19,24H,2-6H2,1H3. The molecule has 0 fully saturated rings. The summed E-state index contributed by atoms with van der Waals surface area (Å²) in [6.07, 6.45) is 7.29. The number of hydrogen-bond acceptors (Lipinski definition) is 2. The van der Waals surface area contributed by atoms with Gasteiger partial charge in [-0.05, 0) is 36.3 Å². The summed E-state index contributed by atoms with van der Waals surface area (Å²) in [5, 5.41) is 11.1. The molecule has 0 bridgehead atoms. The van der Waals surface area contributed by atoms with Crippen LogP contribution in [0.15, 0.2) is 54.7 Å². The van der Waals surface area contributed by atoms with Crippen molar-refractivity contribution < 1.29 is 5.11 Å². The van der Waals surface area contributed by atoms with Crippen LogP contribution in [0.4, 0.5) is 0 Å². The van der Waals surface area contributed by atoms with Crippen molar-refractivity contribution in [3.63, 3.8) is 0 Å². The maximum absolute atomic E-state index is 11.1. The van der Waals surface area contributed by atoms with E-state index in [1.165, 1.54) is 19.3 Å². The van der Waals surface area contributed by atoms with Crippen molar-refractivity contribution in [3.8, 4) is 23.7 Å². The topological polar surface area (TPSA) is 33.1 Å². The van der Waals surface area contributed by atoms with E-state index in [1.807, 2.05) is 42.5 Å². The van der Waals surface area contributed by atoms with Crippen LogP contribution in [0.3, 0.4) is 0 Å². The molecule has 0 aliphatic heterocycles. The summed E-state index contributed by atoms with van der Waals surface area (Å²) in [7, 11) is 0. The highest BCUT2D eigenvalue weighted by atomic mass is 16.3. The van der Waals surface area contributed by atoms with E-state index in [9.17, 15) is 5.11 Å². The van der Waals surface area contributed by atoms with Crippen LogP contribution >= 0.6 is 0 Å². The van der Waals surface area contributed by atoms with Crippen LogP contribution < -0.4 is 0 Å². The normalized spacial score (nSPS) is 12.2. The highest BCUT2D eigenvalue weighted by molar-refractivity contribution is 5.44.